The highest BCUT2D eigenvalue weighted by atomic mass is 16.1. The minimum atomic E-state index is 0.734. The lowest BCUT2D eigenvalue weighted by molar-refractivity contribution is 0.112. The Bertz CT molecular complexity index is 539. The molecule has 84 valence electrons. The van der Waals surface area contributed by atoms with Crippen LogP contribution in [0.5, 0.6) is 0 Å². The maximum atomic E-state index is 11.0. The van der Waals surface area contributed by atoms with E-state index in [0.29, 0.717) is 0 Å². The molecule has 1 heteroatoms. The molecule has 0 aliphatic heterocycles. The zero-order valence-electron chi connectivity index (χ0n) is 9.76. The van der Waals surface area contributed by atoms with E-state index in [1.54, 1.807) is 0 Å². The van der Waals surface area contributed by atoms with Gasteiger partial charge in [-0.1, -0.05) is 60.7 Å². The molecule has 17 heavy (non-hydrogen) atoms. The van der Waals surface area contributed by atoms with Gasteiger partial charge in [-0.05, 0) is 23.6 Å². The minimum Gasteiger partial charge on any atom is -0.298 e. The Balaban J connectivity index is 2.36. The average Bonchev–Trinajstić information content (AvgIpc) is 2.38. The van der Waals surface area contributed by atoms with Crippen molar-refractivity contribution in [1.82, 2.24) is 0 Å². The van der Waals surface area contributed by atoms with E-state index in [0.717, 1.165) is 28.5 Å². The first-order valence-corrected chi connectivity index (χ1v) is 5.59. The fraction of sp³-hybridized carbons (Fsp3) is 0.0625. The Morgan fingerprint density at radius 3 is 2.35 bits per heavy atom. The van der Waals surface area contributed by atoms with E-state index in [2.05, 4.69) is 0 Å². The van der Waals surface area contributed by atoms with Gasteiger partial charge in [0.2, 0.25) is 0 Å². The van der Waals surface area contributed by atoms with E-state index < -0.39 is 0 Å². The van der Waals surface area contributed by atoms with Crippen LogP contribution in [0.25, 0.3) is 12.2 Å². The van der Waals surface area contributed by atoms with Gasteiger partial charge in [-0.15, -0.1) is 0 Å². The molecule has 1 nitrogen and oxygen atoms in total. The number of rotatable bonds is 3. The summed E-state index contributed by atoms with van der Waals surface area (Å²) in [6.07, 6.45) is 4.92. The van der Waals surface area contributed by atoms with Gasteiger partial charge in [-0.25, -0.2) is 0 Å². The van der Waals surface area contributed by atoms with Gasteiger partial charge in [0, 0.05) is 5.56 Å². The van der Waals surface area contributed by atoms with Crippen LogP contribution in [0.3, 0.4) is 0 Å². The van der Waals surface area contributed by atoms with Crippen molar-refractivity contribution in [2.45, 2.75) is 6.92 Å². The molecule has 0 aromatic heterocycles. The van der Waals surface area contributed by atoms with Crippen molar-refractivity contribution in [1.29, 1.82) is 0 Å². The van der Waals surface area contributed by atoms with E-state index in [1.807, 2.05) is 67.6 Å². The maximum absolute atomic E-state index is 11.0. The van der Waals surface area contributed by atoms with E-state index >= 15 is 0 Å². The smallest absolute Gasteiger partial charge is 0.150 e. The normalized spacial score (nSPS) is 10.6. The molecular weight excluding hydrogens is 208 g/mol. The summed E-state index contributed by atoms with van der Waals surface area (Å²) in [6, 6.07) is 15.8. The Morgan fingerprint density at radius 1 is 0.882 bits per heavy atom. The fourth-order valence-electron chi connectivity index (χ4n) is 1.78. The van der Waals surface area contributed by atoms with Crippen molar-refractivity contribution in [2.24, 2.45) is 0 Å². The fourth-order valence-corrected chi connectivity index (χ4v) is 1.78. The molecule has 2 aromatic rings. The van der Waals surface area contributed by atoms with Crippen molar-refractivity contribution in [3.63, 3.8) is 0 Å². The summed E-state index contributed by atoms with van der Waals surface area (Å²) in [6.45, 7) is 2.01. The summed E-state index contributed by atoms with van der Waals surface area (Å²) in [5, 5.41) is 0. The van der Waals surface area contributed by atoms with Crippen LogP contribution < -0.4 is 0 Å². The summed E-state index contributed by atoms with van der Waals surface area (Å²) in [7, 11) is 0. The van der Waals surface area contributed by atoms with Crippen LogP contribution >= 0.6 is 0 Å². The topological polar surface area (TPSA) is 17.1 Å². The number of hydrogen-bond donors (Lipinski definition) is 0. The van der Waals surface area contributed by atoms with E-state index in [-0.39, 0.29) is 0 Å². The molecule has 2 aromatic carbocycles. The molecule has 2 rings (SSSR count). The second-order valence-corrected chi connectivity index (χ2v) is 3.94. The molecule has 0 amide bonds. The largest absolute Gasteiger partial charge is 0.298 e. The summed E-state index contributed by atoms with van der Waals surface area (Å²) in [5.74, 6) is 0. The number of hydrogen-bond acceptors (Lipinski definition) is 1. The molecule has 0 N–H and O–H groups in total. The summed E-state index contributed by atoms with van der Waals surface area (Å²) in [4.78, 5) is 11.0. The van der Waals surface area contributed by atoms with Crippen LogP contribution in [-0.2, 0) is 0 Å². The van der Waals surface area contributed by atoms with Crippen molar-refractivity contribution >= 4 is 18.4 Å². The van der Waals surface area contributed by atoms with Gasteiger partial charge >= 0.3 is 0 Å². The van der Waals surface area contributed by atoms with Crippen LogP contribution in [0.2, 0.25) is 0 Å². The van der Waals surface area contributed by atoms with Crippen molar-refractivity contribution < 1.29 is 4.79 Å². The van der Waals surface area contributed by atoms with E-state index in [4.69, 9.17) is 0 Å². The first-order chi connectivity index (χ1) is 8.31. The predicted molar refractivity (Wildman–Crippen MR) is 71.9 cm³/mol. The molecule has 0 saturated heterocycles. The Kier molecular flexibility index (Phi) is 3.51. The molecule has 0 aliphatic rings. The van der Waals surface area contributed by atoms with Crippen LogP contribution in [0.1, 0.15) is 27.0 Å². The molecule has 0 saturated carbocycles. The van der Waals surface area contributed by atoms with Crippen molar-refractivity contribution in [2.75, 3.05) is 0 Å². The molecule has 0 fully saturated rings. The Labute approximate surface area is 101 Å². The lowest BCUT2D eigenvalue weighted by Crippen LogP contribution is -1.89. The third-order valence-electron chi connectivity index (χ3n) is 2.73. The highest BCUT2D eigenvalue weighted by Crippen LogP contribution is 2.16. The third kappa shape index (κ3) is 2.70. The van der Waals surface area contributed by atoms with Crippen LogP contribution in [0, 0.1) is 6.92 Å². The van der Waals surface area contributed by atoms with E-state index in [9.17, 15) is 4.79 Å². The molecule has 0 aliphatic carbocycles. The highest BCUT2D eigenvalue weighted by Gasteiger charge is 2.00. The number of carbonyl (C=O) groups is 1. The highest BCUT2D eigenvalue weighted by molar-refractivity contribution is 5.86. The van der Waals surface area contributed by atoms with E-state index in [1.165, 1.54) is 0 Å². The second kappa shape index (κ2) is 5.26. The molecule has 0 unspecified atom stereocenters. The van der Waals surface area contributed by atoms with Gasteiger partial charge in [-0.2, -0.15) is 0 Å². The number of aldehydes is 1. The minimum absolute atomic E-state index is 0.734. The number of aryl methyl sites for hydroxylation is 1. The first kappa shape index (κ1) is 11.3. The lowest BCUT2D eigenvalue weighted by Gasteiger charge is -2.03. The molecule has 0 heterocycles. The zero-order valence-corrected chi connectivity index (χ0v) is 9.76. The Hall–Kier alpha value is -2.15. The standard InChI is InChI=1S/C16H14O/c1-13-6-5-9-15(12-17)16(13)11-10-14-7-3-2-4-8-14/h2-12H,1H3/b11-10-. The van der Waals surface area contributed by atoms with Gasteiger partial charge in [0.25, 0.3) is 0 Å². The van der Waals surface area contributed by atoms with Crippen LogP contribution in [0.4, 0.5) is 0 Å². The van der Waals surface area contributed by atoms with Crippen molar-refractivity contribution in [3.05, 3.63) is 70.8 Å². The van der Waals surface area contributed by atoms with Gasteiger partial charge < -0.3 is 0 Å². The maximum Gasteiger partial charge on any atom is 0.150 e. The summed E-state index contributed by atoms with van der Waals surface area (Å²) in [5.41, 5.74) is 3.97. The average molecular weight is 222 g/mol. The van der Waals surface area contributed by atoms with Gasteiger partial charge in [0.15, 0.2) is 6.29 Å². The van der Waals surface area contributed by atoms with Gasteiger partial charge in [0.1, 0.15) is 0 Å². The molecule has 0 atom stereocenters. The summed E-state index contributed by atoms with van der Waals surface area (Å²) >= 11 is 0. The second-order valence-electron chi connectivity index (χ2n) is 3.94. The molecule has 0 radical (unpaired) electrons. The quantitative estimate of drug-likeness (QED) is 0.567. The molecule has 0 spiro atoms. The number of benzene rings is 2. The Morgan fingerprint density at radius 2 is 1.65 bits per heavy atom. The third-order valence-corrected chi connectivity index (χ3v) is 2.73. The SMILES string of the molecule is Cc1cccc(C=O)c1/C=C\c1ccccc1. The summed E-state index contributed by atoms with van der Waals surface area (Å²) < 4.78 is 0. The van der Waals surface area contributed by atoms with Gasteiger partial charge in [-0.3, -0.25) is 4.79 Å². The monoisotopic (exact) mass is 222 g/mol. The molecular formula is C16H14O. The lowest BCUT2D eigenvalue weighted by atomic mass is 10.0. The van der Waals surface area contributed by atoms with Gasteiger partial charge in [0.05, 0.1) is 0 Å². The van der Waals surface area contributed by atoms with Crippen molar-refractivity contribution in [3.8, 4) is 0 Å². The van der Waals surface area contributed by atoms with Crippen LogP contribution in [0.15, 0.2) is 48.5 Å². The zero-order chi connectivity index (χ0) is 12.1. The molecule has 0 bridgehead atoms. The van der Waals surface area contributed by atoms with Crippen LogP contribution in [-0.4, -0.2) is 6.29 Å². The first-order valence-electron chi connectivity index (χ1n) is 5.59. The number of carbonyl (C=O) groups excluding carboxylic acids is 1. The predicted octanol–water partition coefficient (Wildman–Crippen LogP) is 3.98.